The first kappa shape index (κ1) is 6.27. The standard InChI is InChI=1S/C8H11N/c1-7-4-3-5-8(7)6-9-2/h6H,1-5H2/b8-6-. The van der Waals surface area contributed by atoms with Gasteiger partial charge in [-0.05, 0) is 31.6 Å². The van der Waals surface area contributed by atoms with E-state index in [9.17, 15) is 0 Å². The van der Waals surface area contributed by atoms with Crippen LogP contribution >= 0.6 is 0 Å². The first-order valence-corrected chi connectivity index (χ1v) is 3.17. The minimum Gasteiger partial charge on any atom is -0.272 e. The molecule has 0 radical (unpaired) electrons. The molecule has 1 saturated carbocycles. The van der Waals surface area contributed by atoms with Gasteiger partial charge in [0.25, 0.3) is 0 Å². The molecule has 0 aromatic rings. The Hall–Kier alpha value is -0.850. The predicted molar refractivity (Wildman–Crippen MR) is 40.6 cm³/mol. The van der Waals surface area contributed by atoms with E-state index in [0.29, 0.717) is 0 Å². The highest BCUT2D eigenvalue weighted by Gasteiger charge is 2.09. The van der Waals surface area contributed by atoms with Crippen molar-refractivity contribution in [2.24, 2.45) is 4.99 Å². The highest BCUT2D eigenvalue weighted by Crippen LogP contribution is 2.28. The number of allylic oxidation sites excluding steroid dienone is 2. The fraction of sp³-hybridized carbons (Fsp3) is 0.375. The van der Waals surface area contributed by atoms with Crippen LogP contribution in [0.15, 0.2) is 28.9 Å². The van der Waals surface area contributed by atoms with Crippen molar-refractivity contribution in [3.8, 4) is 0 Å². The van der Waals surface area contributed by atoms with Crippen LogP contribution in [0.5, 0.6) is 0 Å². The van der Waals surface area contributed by atoms with Crippen LogP contribution < -0.4 is 0 Å². The molecule has 0 atom stereocenters. The third-order valence-electron chi connectivity index (χ3n) is 1.63. The topological polar surface area (TPSA) is 12.4 Å². The molecule has 0 unspecified atom stereocenters. The normalized spacial score (nSPS) is 23.1. The average Bonchev–Trinajstić information content (AvgIpc) is 2.18. The smallest absolute Gasteiger partial charge is 0.0295 e. The summed E-state index contributed by atoms with van der Waals surface area (Å²) in [5.41, 5.74) is 2.52. The molecular formula is C8H11N. The molecule has 0 heterocycles. The highest BCUT2D eigenvalue weighted by molar-refractivity contribution is 5.35. The second kappa shape index (κ2) is 2.62. The van der Waals surface area contributed by atoms with E-state index in [4.69, 9.17) is 0 Å². The molecular weight excluding hydrogens is 110 g/mol. The Morgan fingerprint density at radius 1 is 1.44 bits per heavy atom. The van der Waals surface area contributed by atoms with Crippen molar-refractivity contribution in [1.82, 2.24) is 0 Å². The molecule has 1 rings (SSSR count). The van der Waals surface area contributed by atoms with Gasteiger partial charge in [-0.1, -0.05) is 12.2 Å². The number of hydrogen-bond acceptors (Lipinski definition) is 1. The Balaban J connectivity index is 2.69. The lowest BCUT2D eigenvalue weighted by molar-refractivity contribution is 0.932. The zero-order chi connectivity index (χ0) is 6.69. The van der Waals surface area contributed by atoms with Crippen molar-refractivity contribution in [3.05, 3.63) is 23.9 Å². The molecule has 0 N–H and O–H groups in total. The summed E-state index contributed by atoms with van der Waals surface area (Å²) < 4.78 is 0. The maximum atomic E-state index is 3.90. The lowest BCUT2D eigenvalue weighted by atomic mass is 10.2. The molecule has 1 aliphatic carbocycles. The molecule has 0 amide bonds. The van der Waals surface area contributed by atoms with E-state index in [0.717, 1.165) is 12.8 Å². The largest absolute Gasteiger partial charge is 0.272 e. The zero-order valence-electron chi connectivity index (χ0n) is 5.56. The van der Waals surface area contributed by atoms with Gasteiger partial charge < -0.3 is 0 Å². The van der Waals surface area contributed by atoms with Gasteiger partial charge in [0.15, 0.2) is 0 Å². The molecule has 0 spiro atoms. The van der Waals surface area contributed by atoms with Crippen LogP contribution in [0.4, 0.5) is 0 Å². The summed E-state index contributed by atoms with van der Waals surface area (Å²) in [5, 5.41) is 0. The summed E-state index contributed by atoms with van der Waals surface area (Å²) in [6.07, 6.45) is 5.33. The van der Waals surface area contributed by atoms with Crippen molar-refractivity contribution in [1.29, 1.82) is 0 Å². The van der Waals surface area contributed by atoms with E-state index < -0.39 is 0 Å². The van der Waals surface area contributed by atoms with Gasteiger partial charge in [0.1, 0.15) is 0 Å². The summed E-state index contributed by atoms with van der Waals surface area (Å²) in [7, 11) is 0. The maximum Gasteiger partial charge on any atom is 0.0295 e. The summed E-state index contributed by atoms with van der Waals surface area (Å²) in [4.78, 5) is 3.70. The van der Waals surface area contributed by atoms with Gasteiger partial charge >= 0.3 is 0 Å². The monoisotopic (exact) mass is 121 g/mol. The third kappa shape index (κ3) is 1.28. The second-order valence-corrected chi connectivity index (χ2v) is 2.29. The van der Waals surface area contributed by atoms with Crippen LogP contribution in [0.3, 0.4) is 0 Å². The van der Waals surface area contributed by atoms with E-state index in [1.807, 2.05) is 6.20 Å². The summed E-state index contributed by atoms with van der Waals surface area (Å²) in [6.45, 7) is 7.29. The van der Waals surface area contributed by atoms with E-state index in [2.05, 4.69) is 18.3 Å². The third-order valence-corrected chi connectivity index (χ3v) is 1.63. The van der Waals surface area contributed by atoms with E-state index in [1.165, 1.54) is 17.6 Å². The summed E-state index contributed by atoms with van der Waals surface area (Å²) >= 11 is 0. The van der Waals surface area contributed by atoms with Gasteiger partial charge in [-0.2, -0.15) is 0 Å². The van der Waals surface area contributed by atoms with Crippen molar-refractivity contribution >= 4 is 6.72 Å². The molecule has 1 heteroatoms. The molecule has 0 aromatic heterocycles. The Kier molecular flexibility index (Phi) is 1.83. The molecule has 0 saturated heterocycles. The number of aliphatic imine (C=N–C) groups is 1. The van der Waals surface area contributed by atoms with Crippen molar-refractivity contribution in [3.63, 3.8) is 0 Å². The minimum absolute atomic E-state index is 1.14. The molecule has 1 aliphatic rings. The second-order valence-electron chi connectivity index (χ2n) is 2.29. The quantitative estimate of drug-likeness (QED) is 0.472. The van der Waals surface area contributed by atoms with Crippen LogP contribution in [0.25, 0.3) is 0 Å². The minimum atomic E-state index is 1.14. The Morgan fingerprint density at radius 3 is 2.67 bits per heavy atom. The van der Waals surface area contributed by atoms with Gasteiger partial charge in [-0.15, -0.1) is 0 Å². The van der Waals surface area contributed by atoms with Gasteiger partial charge in [0.2, 0.25) is 0 Å². The van der Waals surface area contributed by atoms with Crippen molar-refractivity contribution in [2.45, 2.75) is 19.3 Å². The van der Waals surface area contributed by atoms with Gasteiger partial charge in [0, 0.05) is 6.20 Å². The molecule has 48 valence electrons. The maximum absolute atomic E-state index is 3.90. The molecule has 1 fully saturated rings. The summed E-state index contributed by atoms with van der Waals surface area (Å²) in [6, 6.07) is 0. The van der Waals surface area contributed by atoms with Crippen LogP contribution in [-0.4, -0.2) is 6.72 Å². The van der Waals surface area contributed by atoms with Crippen molar-refractivity contribution < 1.29 is 0 Å². The average molecular weight is 121 g/mol. The van der Waals surface area contributed by atoms with Gasteiger partial charge in [-0.3, -0.25) is 4.99 Å². The van der Waals surface area contributed by atoms with Crippen LogP contribution in [0.1, 0.15) is 19.3 Å². The Labute approximate surface area is 55.8 Å². The zero-order valence-corrected chi connectivity index (χ0v) is 5.56. The van der Waals surface area contributed by atoms with E-state index >= 15 is 0 Å². The summed E-state index contributed by atoms with van der Waals surface area (Å²) in [5.74, 6) is 0. The van der Waals surface area contributed by atoms with Gasteiger partial charge in [0.05, 0.1) is 0 Å². The fourth-order valence-corrected chi connectivity index (χ4v) is 1.10. The molecule has 0 aromatic carbocycles. The molecule has 0 bridgehead atoms. The number of nitrogens with zero attached hydrogens (tertiary/aromatic N) is 1. The fourth-order valence-electron chi connectivity index (χ4n) is 1.10. The van der Waals surface area contributed by atoms with Crippen LogP contribution in [0, 0.1) is 0 Å². The van der Waals surface area contributed by atoms with E-state index in [1.54, 1.807) is 0 Å². The first-order chi connectivity index (χ1) is 4.34. The predicted octanol–water partition coefficient (Wildman–Crippen LogP) is 2.31. The molecule has 0 aliphatic heterocycles. The SMILES string of the molecule is C=N/C=C1/CCCC1=C. The molecule has 1 nitrogen and oxygen atoms in total. The lowest BCUT2D eigenvalue weighted by Crippen LogP contribution is -1.72. The Morgan fingerprint density at radius 2 is 2.22 bits per heavy atom. The van der Waals surface area contributed by atoms with Crippen LogP contribution in [-0.2, 0) is 0 Å². The molecule has 9 heavy (non-hydrogen) atoms. The van der Waals surface area contributed by atoms with Gasteiger partial charge in [-0.25, -0.2) is 0 Å². The lowest BCUT2D eigenvalue weighted by Gasteiger charge is -1.91. The van der Waals surface area contributed by atoms with Crippen LogP contribution in [0.2, 0.25) is 0 Å². The highest BCUT2D eigenvalue weighted by atomic mass is 14.6. The number of rotatable bonds is 1. The Bertz CT molecular complexity index is 165. The van der Waals surface area contributed by atoms with Crippen molar-refractivity contribution in [2.75, 3.05) is 0 Å². The number of hydrogen-bond donors (Lipinski definition) is 0. The van der Waals surface area contributed by atoms with E-state index in [-0.39, 0.29) is 0 Å². The first-order valence-electron chi connectivity index (χ1n) is 3.17.